The normalized spacial score (nSPS) is 18.7. The van der Waals surface area contributed by atoms with Crippen LogP contribution in [0.1, 0.15) is 37.1 Å². The fourth-order valence-corrected chi connectivity index (χ4v) is 3.29. The largest absolute Gasteiger partial charge is 0.373 e. The smallest absolute Gasteiger partial charge is 0.125 e. The zero-order valence-corrected chi connectivity index (χ0v) is 13.8. The number of likely N-dealkylation sites (tertiary alicyclic amines) is 1. The van der Waals surface area contributed by atoms with Crippen molar-refractivity contribution in [1.29, 1.82) is 0 Å². The highest BCUT2D eigenvalue weighted by atomic mass is 15.2. The first-order valence-corrected chi connectivity index (χ1v) is 8.48. The van der Waals surface area contributed by atoms with Crippen molar-refractivity contribution < 1.29 is 0 Å². The Balaban J connectivity index is 1.60. The van der Waals surface area contributed by atoms with E-state index in [9.17, 15) is 0 Å². The van der Waals surface area contributed by atoms with Gasteiger partial charge in [0.1, 0.15) is 5.82 Å². The summed E-state index contributed by atoms with van der Waals surface area (Å²) in [4.78, 5) is 15.8. The minimum atomic E-state index is 0.616. The third-order valence-corrected chi connectivity index (χ3v) is 4.53. The van der Waals surface area contributed by atoms with Gasteiger partial charge in [-0.1, -0.05) is 12.5 Å². The van der Waals surface area contributed by atoms with Crippen LogP contribution in [-0.4, -0.2) is 39.5 Å². The number of aryl methyl sites for hydroxylation is 1. The molecule has 0 spiro atoms. The van der Waals surface area contributed by atoms with Crippen molar-refractivity contribution in [2.75, 3.05) is 18.9 Å². The molecule has 0 bridgehead atoms. The summed E-state index contributed by atoms with van der Waals surface area (Å²) in [7, 11) is 1.91. The van der Waals surface area contributed by atoms with E-state index in [0.717, 1.165) is 37.4 Å². The average Bonchev–Trinajstić information content (AvgIpc) is 2.62. The lowest BCUT2D eigenvalue weighted by Crippen LogP contribution is -2.39. The molecule has 2 aromatic rings. The molecule has 0 aliphatic carbocycles. The van der Waals surface area contributed by atoms with Gasteiger partial charge >= 0.3 is 0 Å². The molecule has 23 heavy (non-hydrogen) atoms. The summed E-state index contributed by atoms with van der Waals surface area (Å²) in [6.45, 7) is 2.06. The fourth-order valence-electron chi connectivity index (χ4n) is 3.29. The summed E-state index contributed by atoms with van der Waals surface area (Å²) in [5.74, 6) is 0.947. The summed E-state index contributed by atoms with van der Waals surface area (Å²) in [5.41, 5.74) is 2.23. The van der Waals surface area contributed by atoms with Gasteiger partial charge in [0.05, 0.1) is 5.69 Å². The Kier molecular flexibility index (Phi) is 5.53. The third kappa shape index (κ3) is 4.48. The molecule has 0 saturated carbocycles. The van der Waals surface area contributed by atoms with Crippen molar-refractivity contribution in [2.45, 2.75) is 44.7 Å². The summed E-state index contributed by atoms with van der Waals surface area (Å²) in [6, 6.07) is 6.82. The number of rotatable bonds is 6. The van der Waals surface area contributed by atoms with E-state index in [-0.39, 0.29) is 0 Å². The Bertz CT molecular complexity index is 601. The first-order valence-electron chi connectivity index (χ1n) is 8.48. The highest BCUT2D eigenvalue weighted by molar-refractivity contribution is 5.34. The number of nitrogens with zero attached hydrogens (tertiary/aromatic N) is 4. The minimum absolute atomic E-state index is 0.616. The quantitative estimate of drug-likeness (QED) is 0.889. The second kappa shape index (κ2) is 8.02. The molecule has 1 aliphatic heterocycles. The van der Waals surface area contributed by atoms with Crippen LogP contribution in [0.3, 0.4) is 0 Å². The summed E-state index contributed by atoms with van der Waals surface area (Å²) in [6.07, 6.45) is 11.4. The van der Waals surface area contributed by atoms with Crippen LogP contribution in [0.5, 0.6) is 0 Å². The molecule has 1 N–H and O–H groups in total. The van der Waals surface area contributed by atoms with Gasteiger partial charge in [-0.05, 0) is 44.4 Å². The van der Waals surface area contributed by atoms with Crippen LogP contribution in [0.4, 0.5) is 5.82 Å². The number of piperidine rings is 1. The second-order valence-corrected chi connectivity index (χ2v) is 6.12. The van der Waals surface area contributed by atoms with Crippen LogP contribution < -0.4 is 5.32 Å². The molecule has 1 unspecified atom stereocenters. The topological polar surface area (TPSA) is 53.9 Å². The van der Waals surface area contributed by atoms with Crippen LogP contribution in [0.25, 0.3) is 0 Å². The lowest BCUT2D eigenvalue weighted by molar-refractivity contribution is 0.130. The molecule has 1 atom stereocenters. The molecule has 2 aromatic heterocycles. The van der Waals surface area contributed by atoms with Crippen molar-refractivity contribution in [3.8, 4) is 0 Å². The highest BCUT2D eigenvalue weighted by Gasteiger charge is 2.22. The van der Waals surface area contributed by atoms with Gasteiger partial charge in [-0.15, -0.1) is 0 Å². The Morgan fingerprint density at radius 2 is 2.17 bits per heavy atom. The van der Waals surface area contributed by atoms with Gasteiger partial charge in [0.15, 0.2) is 0 Å². The molecule has 5 heteroatoms. The SMILES string of the molecule is CNc1cccc(CCC2CCCCN2Cc2cnccn2)n1. The number of hydrogen-bond acceptors (Lipinski definition) is 5. The second-order valence-electron chi connectivity index (χ2n) is 6.12. The van der Waals surface area contributed by atoms with Crippen LogP contribution >= 0.6 is 0 Å². The van der Waals surface area contributed by atoms with Crippen LogP contribution in [0, 0.1) is 0 Å². The zero-order valence-electron chi connectivity index (χ0n) is 13.8. The third-order valence-electron chi connectivity index (χ3n) is 4.53. The van der Waals surface area contributed by atoms with Crippen molar-refractivity contribution in [3.63, 3.8) is 0 Å². The van der Waals surface area contributed by atoms with Crippen molar-refractivity contribution in [2.24, 2.45) is 0 Å². The standard InChI is InChI=1S/C18H25N5/c1-19-18-7-4-5-15(22-18)8-9-17-6-2-3-12-23(17)14-16-13-20-10-11-21-16/h4-5,7,10-11,13,17H,2-3,6,8-9,12,14H2,1H3,(H,19,22). The highest BCUT2D eigenvalue weighted by Crippen LogP contribution is 2.22. The van der Waals surface area contributed by atoms with Gasteiger partial charge in [0.2, 0.25) is 0 Å². The Hall–Kier alpha value is -2.01. The molecule has 1 fully saturated rings. The molecule has 1 aliphatic rings. The lowest BCUT2D eigenvalue weighted by Gasteiger charge is -2.35. The molecule has 0 radical (unpaired) electrons. The summed E-state index contributed by atoms with van der Waals surface area (Å²) >= 11 is 0. The van der Waals surface area contributed by atoms with Gasteiger partial charge in [0.25, 0.3) is 0 Å². The van der Waals surface area contributed by atoms with E-state index in [1.54, 1.807) is 12.4 Å². The van der Waals surface area contributed by atoms with E-state index < -0.39 is 0 Å². The maximum atomic E-state index is 4.63. The van der Waals surface area contributed by atoms with E-state index in [0.29, 0.717) is 6.04 Å². The van der Waals surface area contributed by atoms with E-state index in [1.807, 2.05) is 19.3 Å². The van der Waals surface area contributed by atoms with Gasteiger partial charge < -0.3 is 5.32 Å². The zero-order chi connectivity index (χ0) is 15.9. The van der Waals surface area contributed by atoms with Crippen LogP contribution in [-0.2, 0) is 13.0 Å². The van der Waals surface area contributed by atoms with E-state index in [1.165, 1.54) is 25.0 Å². The van der Waals surface area contributed by atoms with Crippen molar-refractivity contribution in [3.05, 3.63) is 48.2 Å². The maximum Gasteiger partial charge on any atom is 0.125 e. The van der Waals surface area contributed by atoms with Gasteiger partial charge in [-0.3, -0.25) is 14.9 Å². The molecular formula is C18H25N5. The lowest BCUT2D eigenvalue weighted by atomic mass is 9.97. The predicted molar refractivity (Wildman–Crippen MR) is 92.2 cm³/mol. The summed E-state index contributed by atoms with van der Waals surface area (Å²) < 4.78 is 0. The number of aromatic nitrogens is 3. The predicted octanol–water partition coefficient (Wildman–Crippen LogP) is 2.90. The first kappa shape index (κ1) is 15.9. The van der Waals surface area contributed by atoms with Crippen molar-refractivity contribution in [1.82, 2.24) is 19.9 Å². The Labute approximate surface area is 138 Å². The van der Waals surface area contributed by atoms with E-state index in [4.69, 9.17) is 0 Å². The van der Waals surface area contributed by atoms with E-state index in [2.05, 4.69) is 37.3 Å². The number of hydrogen-bond donors (Lipinski definition) is 1. The average molecular weight is 311 g/mol. The maximum absolute atomic E-state index is 4.63. The van der Waals surface area contributed by atoms with E-state index >= 15 is 0 Å². The molecule has 1 saturated heterocycles. The van der Waals surface area contributed by atoms with Gasteiger partial charge in [0, 0.05) is 43.9 Å². The molecular weight excluding hydrogens is 286 g/mol. The molecule has 3 rings (SSSR count). The first-order chi connectivity index (χ1) is 11.3. The molecule has 3 heterocycles. The van der Waals surface area contributed by atoms with Gasteiger partial charge in [-0.25, -0.2) is 4.98 Å². The number of pyridine rings is 1. The van der Waals surface area contributed by atoms with Gasteiger partial charge in [-0.2, -0.15) is 0 Å². The minimum Gasteiger partial charge on any atom is -0.373 e. The number of nitrogens with one attached hydrogen (secondary N) is 1. The van der Waals surface area contributed by atoms with Crippen LogP contribution in [0.15, 0.2) is 36.8 Å². The number of anilines is 1. The Morgan fingerprint density at radius 3 is 3.00 bits per heavy atom. The van der Waals surface area contributed by atoms with Crippen molar-refractivity contribution >= 4 is 5.82 Å². The fraction of sp³-hybridized carbons (Fsp3) is 0.500. The summed E-state index contributed by atoms with van der Waals surface area (Å²) in [5, 5.41) is 3.11. The Morgan fingerprint density at radius 1 is 1.22 bits per heavy atom. The molecule has 122 valence electrons. The monoisotopic (exact) mass is 311 g/mol. The molecule has 5 nitrogen and oxygen atoms in total. The molecule has 0 aromatic carbocycles. The molecule has 0 amide bonds. The van der Waals surface area contributed by atoms with Crippen LogP contribution in [0.2, 0.25) is 0 Å².